The van der Waals surface area contributed by atoms with Gasteiger partial charge in [0.2, 0.25) is 0 Å². The van der Waals surface area contributed by atoms with Gasteiger partial charge in [0, 0.05) is 23.5 Å². The average Bonchev–Trinajstić information content (AvgIpc) is 3.42. The van der Waals surface area contributed by atoms with Crippen LogP contribution in [0.1, 0.15) is 35.5 Å². The molecule has 1 atom stereocenters. The molecule has 0 fully saturated rings. The van der Waals surface area contributed by atoms with Gasteiger partial charge < -0.3 is 15.4 Å². The minimum absolute atomic E-state index is 0.271. The number of anilines is 1. The zero-order valence-electron chi connectivity index (χ0n) is 23.5. The predicted octanol–water partition coefficient (Wildman–Crippen LogP) is 7.51. The topological polar surface area (TPSA) is 81.1 Å². The molecule has 1 aromatic heterocycles. The Hall–Kier alpha value is -4.63. The molecule has 5 aromatic rings. The number of urea groups is 1. The number of thioether (sulfide) groups is 1. The number of hydrogen-bond donors (Lipinski definition) is 2. The fourth-order valence-electron chi connectivity index (χ4n) is 4.45. The SMILES string of the molecule is CCOc1ccc(NC(=O)NC(Cc2ccccc2)c2nnc(SCc3ccc(F)cc3)n2-c2ccc(C)cc2)cc1. The summed E-state index contributed by atoms with van der Waals surface area (Å²) in [5, 5.41) is 15.9. The van der Waals surface area contributed by atoms with E-state index >= 15 is 0 Å². The van der Waals surface area contributed by atoms with E-state index in [1.165, 1.54) is 23.9 Å². The fraction of sp³-hybridized carbons (Fsp3) is 0.182. The van der Waals surface area contributed by atoms with Gasteiger partial charge in [-0.1, -0.05) is 71.9 Å². The molecular weight excluding hydrogens is 549 g/mol. The summed E-state index contributed by atoms with van der Waals surface area (Å²) in [6.07, 6.45) is 0.504. The quantitative estimate of drug-likeness (QED) is 0.158. The second-order valence-corrected chi connectivity index (χ2v) is 10.7. The molecule has 0 bridgehead atoms. The Bertz CT molecular complexity index is 1590. The van der Waals surface area contributed by atoms with Crippen LogP contribution >= 0.6 is 11.8 Å². The zero-order valence-corrected chi connectivity index (χ0v) is 24.3. The lowest BCUT2D eigenvalue weighted by atomic mass is 10.1. The van der Waals surface area contributed by atoms with E-state index < -0.39 is 6.04 Å². The van der Waals surface area contributed by atoms with Gasteiger partial charge in [-0.2, -0.15) is 0 Å². The first kappa shape index (κ1) is 28.9. The van der Waals surface area contributed by atoms with E-state index in [0.717, 1.165) is 28.1 Å². The second-order valence-electron chi connectivity index (χ2n) is 9.73. The number of nitrogens with zero attached hydrogens (tertiary/aromatic N) is 3. The smallest absolute Gasteiger partial charge is 0.319 e. The third-order valence-electron chi connectivity index (χ3n) is 6.55. The molecule has 7 nitrogen and oxygen atoms in total. The minimum atomic E-state index is -0.496. The number of amides is 2. The predicted molar refractivity (Wildman–Crippen MR) is 165 cm³/mol. The van der Waals surface area contributed by atoms with Crippen LogP contribution in [-0.2, 0) is 12.2 Å². The van der Waals surface area contributed by atoms with Gasteiger partial charge in [0.25, 0.3) is 0 Å². The van der Waals surface area contributed by atoms with Crippen LogP contribution in [0.2, 0.25) is 0 Å². The van der Waals surface area contributed by atoms with Gasteiger partial charge in [0.1, 0.15) is 11.6 Å². The molecule has 0 aliphatic rings. The third kappa shape index (κ3) is 7.55. The highest BCUT2D eigenvalue weighted by Crippen LogP contribution is 2.29. The molecule has 2 amide bonds. The molecular formula is C33H32FN5O2S. The molecule has 1 unspecified atom stereocenters. The maximum atomic E-state index is 13.5. The number of halogens is 1. The first-order chi connectivity index (χ1) is 20.5. The number of aromatic nitrogens is 3. The molecule has 5 rings (SSSR count). The molecule has 0 aliphatic carbocycles. The summed E-state index contributed by atoms with van der Waals surface area (Å²) in [6, 6.07) is 30.9. The van der Waals surface area contributed by atoms with Crippen molar-refractivity contribution >= 4 is 23.5 Å². The largest absolute Gasteiger partial charge is 0.494 e. The molecule has 1 heterocycles. The summed E-state index contributed by atoms with van der Waals surface area (Å²) in [4.78, 5) is 13.3. The second kappa shape index (κ2) is 13.8. The Morgan fingerprint density at radius 1 is 0.905 bits per heavy atom. The van der Waals surface area contributed by atoms with Crippen molar-refractivity contribution in [2.75, 3.05) is 11.9 Å². The fourth-order valence-corrected chi connectivity index (χ4v) is 5.36. The number of hydrogen-bond acceptors (Lipinski definition) is 5. The highest BCUT2D eigenvalue weighted by molar-refractivity contribution is 7.98. The van der Waals surface area contributed by atoms with E-state index in [-0.39, 0.29) is 11.8 Å². The van der Waals surface area contributed by atoms with Crippen LogP contribution in [0.3, 0.4) is 0 Å². The molecule has 0 radical (unpaired) electrons. The van der Waals surface area contributed by atoms with Gasteiger partial charge in [-0.15, -0.1) is 10.2 Å². The van der Waals surface area contributed by atoms with Crippen LogP contribution in [0, 0.1) is 12.7 Å². The van der Waals surface area contributed by atoms with Gasteiger partial charge in [-0.25, -0.2) is 9.18 Å². The Labute approximate surface area is 249 Å². The van der Waals surface area contributed by atoms with Gasteiger partial charge in [-0.3, -0.25) is 4.57 Å². The van der Waals surface area contributed by atoms with Crippen molar-refractivity contribution in [3.63, 3.8) is 0 Å². The average molecular weight is 582 g/mol. The third-order valence-corrected chi connectivity index (χ3v) is 7.55. The lowest BCUT2D eigenvalue weighted by Gasteiger charge is -2.21. The van der Waals surface area contributed by atoms with Crippen LogP contribution < -0.4 is 15.4 Å². The van der Waals surface area contributed by atoms with E-state index in [1.54, 1.807) is 24.3 Å². The maximum Gasteiger partial charge on any atom is 0.319 e. The minimum Gasteiger partial charge on any atom is -0.494 e. The highest BCUT2D eigenvalue weighted by Gasteiger charge is 2.25. The van der Waals surface area contributed by atoms with Gasteiger partial charge >= 0.3 is 6.03 Å². The van der Waals surface area contributed by atoms with Crippen molar-refractivity contribution in [1.82, 2.24) is 20.1 Å². The van der Waals surface area contributed by atoms with Gasteiger partial charge in [-0.05, 0) is 73.5 Å². The van der Waals surface area contributed by atoms with Crippen molar-refractivity contribution in [3.8, 4) is 11.4 Å². The highest BCUT2D eigenvalue weighted by atomic mass is 32.2. The molecule has 0 aliphatic heterocycles. The first-order valence-electron chi connectivity index (χ1n) is 13.7. The summed E-state index contributed by atoms with van der Waals surface area (Å²) in [5.41, 5.74) is 4.67. The lowest BCUT2D eigenvalue weighted by Crippen LogP contribution is -2.35. The summed E-state index contributed by atoms with van der Waals surface area (Å²) in [7, 11) is 0. The van der Waals surface area contributed by atoms with Crippen LogP contribution in [0.4, 0.5) is 14.9 Å². The molecule has 0 saturated carbocycles. The summed E-state index contributed by atoms with van der Waals surface area (Å²) in [5.74, 6) is 1.65. The maximum absolute atomic E-state index is 13.5. The van der Waals surface area contributed by atoms with Crippen LogP contribution in [0.5, 0.6) is 5.75 Å². The van der Waals surface area contributed by atoms with E-state index in [4.69, 9.17) is 4.74 Å². The lowest BCUT2D eigenvalue weighted by molar-refractivity contribution is 0.247. The molecule has 42 heavy (non-hydrogen) atoms. The summed E-state index contributed by atoms with van der Waals surface area (Å²) < 4.78 is 20.9. The number of ether oxygens (including phenoxy) is 1. The standard InChI is InChI=1S/C33H32FN5O2S/c1-3-41-29-19-15-27(16-20-29)35-32(40)36-30(21-24-7-5-4-6-8-24)31-37-38-33(39(31)28-17-9-23(2)10-18-28)42-22-25-11-13-26(34)14-12-25/h4-20,30H,3,21-22H2,1-2H3,(H2,35,36,40). The Balaban J connectivity index is 1.45. The first-order valence-corrected chi connectivity index (χ1v) is 14.7. The number of benzene rings is 4. The van der Waals surface area contributed by atoms with Crippen LogP contribution in [0.15, 0.2) is 108 Å². The van der Waals surface area contributed by atoms with Crippen molar-refractivity contribution in [1.29, 1.82) is 0 Å². The molecule has 0 saturated heterocycles. The summed E-state index contributed by atoms with van der Waals surface area (Å²) >= 11 is 1.50. The van der Waals surface area contributed by atoms with Crippen molar-refractivity contribution < 1.29 is 13.9 Å². The Morgan fingerprint density at radius 2 is 1.62 bits per heavy atom. The van der Waals surface area contributed by atoms with E-state index in [9.17, 15) is 9.18 Å². The van der Waals surface area contributed by atoms with Gasteiger partial charge in [0.05, 0.1) is 12.6 Å². The number of carbonyl (C=O) groups is 1. The number of aryl methyl sites for hydroxylation is 1. The molecule has 214 valence electrons. The molecule has 9 heteroatoms. The monoisotopic (exact) mass is 581 g/mol. The molecule has 2 N–H and O–H groups in total. The van der Waals surface area contributed by atoms with Crippen molar-refractivity contribution in [2.24, 2.45) is 0 Å². The van der Waals surface area contributed by atoms with E-state index in [2.05, 4.69) is 20.8 Å². The number of nitrogens with one attached hydrogen (secondary N) is 2. The molecule has 4 aromatic carbocycles. The normalized spacial score (nSPS) is 11.6. The summed E-state index contributed by atoms with van der Waals surface area (Å²) in [6.45, 7) is 4.53. The number of rotatable bonds is 11. The Kier molecular flexibility index (Phi) is 9.51. The van der Waals surface area contributed by atoms with E-state index in [0.29, 0.717) is 35.4 Å². The van der Waals surface area contributed by atoms with Gasteiger partial charge in [0.15, 0.2) is 11.0 Å². The van der Waals surface area contributed by atoms with Crippen molar-refractivity contribution in [3.05, 3.63) is 131 Å². The Morgan fingerprint density at radius 3 is 2.31 bits per heavy atom. The molecule has 0 spiro atoms. The zero-order chi connectivity index (χ0) is 29.3. The van der Waals surface area contributed by atoms with Crippen LogP contribution in [-0.4, -0.2) is 27.4 Å². The number of carbonyl (C=O) groups excluding carboxylic acids is 1. The van der Waals surface area contributed by atoms with Crippen LogP contribution in [0.25, 0.3) is 5.69 Å². The van der Waals surface area contributed by atoms with Crippen molar-refractivity contribution in [2.45, 2.75) is 37.2 Å². The van der Waals surface area contributed by atoms with E-state index in [1.807, 2.05) is 85.1 Å².